The molecule has 0 bridgehead atoms. The minimum atomic E-state index is -0.00624. The number of halogens is 1. The van der Waals surface area contributed by atoms with E-state index < -0.39 is 0 Å². The van der Waals surface area contributed by atoms with Gasteiger partial charge in [0.15, 0.2) is 0 Å². The zero-order valence-corrected chi connectivity index (χ0v) is 12.9. The van der Waals surface area contributed by atoms with Crippen LogP contribution in [0.5, 0.6) is 0 Å². The van der Waals surface area contributed by atoms with Crippen molar-refractivity contribution in [2.75, 3.05) is 32.7 Å². The van der Waals surface area contributed by atoms with E-state index in [-0.39, 0.29) is 5.91 Å². The number of hydrogen-bond acceptors (Lipinski definition) is 4. The molecule has 0 aromatic carbocycles. The summed E-state index contributed by atoms with van der Waals surface area (Å²) in [7, 11) is 0. The molecule has 0 radical (unpaired) electrons. The van der Waals surface area contributed by atoms with Gasteiger partial charge in [-0.2, -0.15) is 5.26 Å². The van der Waals surface area contributed by atoms with Crippen LogP contribution in [0.25, 0.3) is 0 Å². The highest BCUT2D eigenvalue weighted by atomic mass is 35.5. The highest BCUT2D eigenvalue weighted by molar-refractivity contribution is 6.29. The zero-order chi connectivity index (χ0) is 15.2. The number of piperazine rings is 1. The molecular weight excluding hydrogens is 288 g/mol. The third-order valence-corrected chi connectivity index (χ3v) is 3.75. The van der Waals surface area contributed by atoms with Crippen LogP contribution in [0.4, 0.5) is 0 Å². The van der Waals surface area contributed by atoms with Crippen LogP contribution in [0.2, 0.25) is 5.15 Å². The molecule has 1 saturated heterocycles. The number of rotatable bonds is 4. The average molecular weight is 307 g/mol. The molecule has 1 aliphatic rings. The van der Waals surface area contributed by atoms with Gasteiger partial charge in [-0.15, -0.1) is 0 Å². The number of pyridine rings is 1. The van der Waals surface area contributed by atoms with Gasteiger partial charge in [0.2, 0.25) is 0 Å². The molecule has 2 heterocycles. The van der Waals surface area contributed by atoms with Gasteiger partial charge in [-0.1, -0.05) is 24.9 Å². The first-order chi connectivity index (χ1) is 10.1. The maximum absolute atomic E-state index is 12.5. The van der Waals surface area contributed by atoms with E-state index in [1.807, 2.05) is 15.9 Å². The van der Waals surface area contributed by atoms with E-state index in [1.165, 1.54) is 0 Å². The van der Waals surface area contributed by atoms with E-state index in [1.54, 1.807) is 6.07 Å². The van der Waals surface area contributed by atoms with Crippen molar-refractivity contribution < 1.29 is 4.79 Å². The van der Waals surface area contributed by atoms with Crippen LogP contribution in [0.15, 0.2) is 12.1 Å². The SMILES string of the molecule is CCCc1cc(C(=O)N2CCN(CC#N)CC2)cc(Cl)n1. The fourth-order valence-corrected chi connectivity index (χ4v) is 2.68. The molecule has 0 atom stereocenters. The molecule has 0 spiro atoms. The van der Waals surface area contributed by atoms with Crippen molar-refractivity contribution in [3.8, 4) is 6.07 Å². The molecule has 1 aromatic rings. The van der Waals surface area contributed by atoms with Crippen LogP contribution < -0.4 is 0 Å². The Balaban J connectivity index is 2.05. The van der Waals surface area contributed by atoms with Gasteiger partial charge < -0.3 is 4.90 Å². The van der Waals surface area contributed by atoms with E-state index in [0.717, 1.165) is 31.6 Å². The number of carbonyl (C=O) groups is 1. The first kappa shape index (κ1) is 15.7. The zero-order valence-electron chi connectivity index (χ0n) is 12.2. The second-order valence-electron chi connectivity index (χ2n) is 5.15. The van der Waals surface area contributed by atoms with E-state index in [4.69, 9.17) is 16.9 Å². The molecule has 0 aliphatic carbocycles. The number of nitrogens with zero attached hydrogens (tertiary/aromatic N) is 4. The molecule has 0 unspecified atom stereocenters. The van der Waals surface area contributed by atoms with Gasteiger partial charge in [-0.25, -0.2) is 4.98 Å². The van der Waals surface area contributed by atoms with Gasteiger partial charge in [-0.05, 0) is 18.6 Å². The number of amides is 1. The van der Waals surface area contributed by atoms with Crippen molar-refractivity contribution >= 4 is 17.5 Å². The largest absolute Gasteiger partial charge is 0.336 e. The average Bonchev–Trinajstić information content (AvgIpc) is 2.47. The summed E-state index contributed by atoms with van der Waals surface area (Å²) in [5.74, 6) is -0.00624. The standard InChI is InChI=1S/C15H19ClN4O/c1-2-3-13-10-12(11-14(16)18-13)15(21)20-8-6-19(5-4-17)7-9-20/h10-11H,2-3,5-9H2,1H3. The number of hydrogen-bond donors (Lipinski definition) is 0. The molecule has 1 amide bonds. The molecule has 1 aliphatic heterocycles. The molecule has 1 fully saturated rings. The van der Waals surface area contributed by atoms with E-state index in [2.05, 4.69) is 18.0 Å². The van der Waals surface area contributed by atoms with Crippen molar-refractivity contribution in [3.63, 3.8) is 0 Å². The van der Waals surface area contributed by atoms with Gasteiger partial charge in [0, 0.05) is 37.4 Å². The van der Waals surface area contributed by atoms with Crippen LogP contribution in [0, 0.1) is 11.3 Å². The van der Waals surface area contributed by atoms with Gasteiger partial charge in [0.05, 0.1) is 12.6 Å². The van der Waals surface area contributed by atoms with Gasteiger partial charge in [-0.3, -0.25) is 9.69 Å². The van der Waals surface area contributed by atoms with Crippen LogP contribution in [-0.2, 0) is 6.42 Å². The Morgan fingerprint density at radius 1 is 1.38 bits per heavy atom. The number of carbonyl (C=O) groups excluding carboxylic acids is 1. The topological polar surface area (TPSA) is 60.2 Å². The van der Waals surface area contributed by atoms with Gasteiger partial charge in [0.1, 0.15) is 5.15 Å². The summed E-state index contributed by atoms with van der Waals surface area (Å²) in [6.45, 7) is 5.25. The maximum Gasteiger partial charge on any atom is 0.254 e. The summed E-state index contributed by atoms with van der Waals surface area (Å²) in [5.41, 5.74) is 1.46. The number of aryl methyl sites for hydroxylation is 1. The van der Waals surface area contributed by atoms with Crippen molar-refractivity contribution in [2.45, 2.75) is 19.8 Å². The Hall–Kier alpha value is -1.64. The maximum atomic E-state index is 12.5. The molecule has 0 saturated carbocycles. The Labute approximate surface area is 130 Å². The lowest BCUT2D eigenvalue weighted by Crippen LogP contribution is -2.48. The van der Waals surface area contributed by atoms with E-state index in [9.17, 15) is 4.79 Å². The summed E-state index contributed by atoms with van der Waals surface area (Å²) in [5, 5.41) is 9.06. The predicted octanol–water partition coefficient (Wildman–Crippen LogP) is 1.97. The third kappa shape index (κ3) is 4.16. The van der Waals surface area contributed by atoms with Crippen LogP contribution in [-0.4, -0.2) is 53.4 Å². The fourth-order valence-electron chi connectivity index (χ4n) is 2.45. The molecule has 21 heavy (non-hydrogen) atoms. The van der Waals surface area contributed by atoms with Crippen LogP contribution >= 0.6 is 11.6 Å². The Morgan fingerprint density at radius 2 is 2.10 bits per heavy atom. The van der Waals surface area contributed by atoms with Crippen molar-refractivity contribution in [1.29, 1.82) is 5.26 Å². The molecule has 5 nitrogen and oxygen atoms in total. The lowest BCUT2D eigenvalue weighted by Gasteiger charge is -2.33. The van der Waals surface area contributed by atoms with Crippen molar-refractivity contribution in [1.82, 2.24) is 14.8 Å². The molecule has 2 rings (SSSR count). The molecule has 6 heteroatoms. The summed E-state index contributed by atoms with van der Waals surface area (Å²) >= 11 is 6.01. The van der Waals surface area contributed by atoms with Crippen molar-refractivity contribution in [2.24, 2.45) is 0 Å². The minimum absolute atomic E-state index is 0.00624. The molecule has 0 N–H and O–H groups in total. The second-order valence-corrected chi connectivity index (χ2v) is 5.53. The summed E-state index contributed by atoms with van der Waals surface area (Å²) < 4.78 is 0. The summed E-state index contributed by atoms with van der Waals surface area (Å²) in [4.78, 5) is 20.6. The van der Waals surface area contributed by atoms with Gasteiger partial charge in [0.25, 0.3) is 5.91 Å². The highest BCUT2D eigenvalue weighted by Crippen LogP contribution is 2.15. The molecule has 1 aromatic heterocycles. The number of nitriles is 1. The van der Waals surface area contributed by atoms with E-state index in [0.29, 0.717) is 30.4 Å². The summed E-state index contributed by atoms with van der Waals surface area (Å²) in [6, 6.07) is 5.60. The minimum Gasteiger partial charge on any atom is -0.336 e. The lowest BCUT2D eigenvalue weighted by atomic mass is 10.1. The summed E-state index contributed by atoms with van der Waals surface area (Å²) in [6.07, 6.45) is 1.78. The third-order valence-electron chi connectivity index (χ3n) is 3.55. The molecular formula is C15H19ClN4O. The predicted molar refractivity (Wildman–Crippen MR) is 81.2 cm³/mol. The first-order valence-corrected chi connectivity index (χ1v) is 7.57. The molecule has 112 valence electrons. The smallest absolute Gasteiger partial charge is 0.254 e. The van der Waals surface area contributed by atoms with Crippen LogP contribution in [0.1, 0.15) is 29.4 Å². The monoisotopic (exact) mass is 306 g/mol. The lowest BCUT2D eigenvalue weighted by molar-refractivity contribution is 0.0651. The Kier molecular flexibility index (Phi) is 5.54. The Morgan fingerprint density at radius 3 is 2.71 bits per heavy atom. The van der Waals surface area contributed by atoms with Gasteiger partial charge >= 0.3 is 0 Å². The van der Waals surface area contributed by atoms with Crippen molar-refractivity contribution in [3.05, 3.63) is 28.5 Å². The first-order valence-electron chi connectivity index (χ1n) is 7.19. The van der Waals surface area contributed by atoms with E-state index >= 15 is 0 Å². The fraction of sp³-hybridized carbons (Fsp3) is 0.533. The highest BCUT2D eigenvalue weighted by Gasteiger charge is 2.22. The quantitative estimate of drug-likeness (QED) is 0.630. The Bertz CT molecular complexity index is 547. The second kappa shape index (κ2) is 7.39. The normalized spacial score (nSPS) is 15.8. The number of aromatic nitrogens is 1. The van der Waals surface area contributed by atoms with Crippen LogP contribution in [0.3, 0.4) is 0 Å².